The zero-order valence-electron chi connectivity index (χ0n) is 10.4. The summed E-state index contributed by atoms with van der Waals surface area (Å²) in [5.41, 5.74) is 2.07. The van der Waals surface area contributed by atoms with E-state index in [2.05, 4.69) is 9.62 Å². The Kier molecular flexibility index (Phi) is 4.34. The SMILES string of the molecule is Clc1cc(Cl)c2c(c1)NCN(Cc1ccccc1Cl)S2. The summed E-state index contributed by atoms with van der Waals surface area (Å²) < 4.78 is 2.17. The average molecular weight is 346 g/mol. The summed E-state index contributed by atoms with van der Waals surface area (Å²) in [5.74, 6) is 0. The van der Waals surface area contributed by atoms with Gasteiger partial charge < -0.3 is 5.32 Å². The minimum atomic E-state index is 0.640. The zero-order chi connectivity index (χ0) is 14.1. The lowest BCUT2D eigenvalue weighted by Crippen LogP contribution is -2.26. The first-order valence-electron chi connectivity index (χ1n) is 6.03. The van der Waals surface area contributed by atoms with Gasteiger partial charge in [-0.1, -0.05) is 53.0 Å². The van der Waals surface area contributed by atoms with Crippen LogP contribution in [0.4, 0.5) is 5.69 Å². The first-order chi connectivity index (χ1) is 9.63. The largest absolute Gasteiger partial charge is 0.370 e. The summed E-state index contributed by atoms with van der Waals surface area (Å²) in [6.45, 7) is 1.45. The van der Waals surface area contributed by atoms with Gasteiger partial charge in [-0.3, -0.25) is 0 Å². The van der Waals surface area contributed by atoms with Crippen LogP contribution in [-0.4, -0.2) is 11.0 Å². The molecule has 2 aromatic rings. The highest BCUT2D eigenvalue weighted by molar-refractivity contribution is 7.97. The van der Waals surface area contributed by atoms with Gasteiger partial charge >= 0.3 is 0 Å². The van der Waals surface area contributed by atoms with Crippen molar-refractivity contribution in [2.24, 2.45) is 0 Å². The molecule has 0 bridgehead atoms. The van der Waals surface area contributed by atoms with E-state index in [0.717, 1.165) is 27.7 Å². The van der Waals surface area contributed by atoms with Crippen molar-refractivity contribution >= 4 is 52.4 Å². The molecule has 0 fully saturated rings. The van der Waals surface area contributed by atoms with E-state index < -0.39 is 0 Å². The number of rotatable bonds is 2. The van der Waals surface area contributed by atoms with Crippen molar-refractivity contribution in [2.75, 3.05) is 12.0 Å². The Morgan fingerprint density at radius 2 is 1.90 bits per heavy atom. The maximum Gasteiger partial charge on any atom is 0.0782 e. The second-order valence-electron chi connectivity index (χ2n) is 4.42. The molecule has 0 aliphatic carbocycles. The summed E-state index contributed by atoms with van der Waals surface area (Å²) in [7, 11) is 0. The minimum absolute atomic E-state index is 0.640. The van der Waals surface area contributed by atoms with Crippen LogP contribution < -0.4 is 5.32 Å². The van der Waals surface area contributed by atoms with Crippen LogP contribution in [-0.2, 0) is 6.54 Å². The quantitative estimate of drug-likeness (QED) is 0.719. The summed E-state index contributed by atoms with van der Waals surface area (Å²) in [6.07, 6.45) is 0. The van der Waals surface area contributed by atoms with Crippen molar-refractivity contribution < 1.29 is 0 Å². The van der Waals surface area contributed by atoms with E-state index in [1.54, 1.807) is 18.0 Å². The monoisotopic (exact) mass is 344 g/mol. The minimum Gasteiger partial charge on any atom is -0.370 e. The smallest absolute Gasteiger partial charge is 0.0782 e. The van der Waals surface area contributed by atoms with Gasteiger partial charge in [0.05, 0.1) is 22.3 Å². The zero-order valence-corrected chi connectivity index (χ0v) is 13.5. The fourth-order valence-corrected chi connectivity index (χ4v) is 3.78. The second-order valence-corrected chi connectivity index (χ2v) is 6.78. The first kappa shape index (κ1) is 14.4. The third-order valence-corrected chi connectivity index (χ3v) is 5.12. The van der Waals surface area contributed by atoms with Crippen molar-refractivity contribution in [3.8, 4) is 0 Å². The summed E-state index contributed by atoms with van der Waals surface area (Å²) in [5, 5.41) is 5.41. The highest BCUT2D eigenvalue weighted by Crippen LogP contribution is 2.42. The molecule has 0 unspecified atom stereocenters. The Bertz CT molecular complexity index is 648. The number of anilines is 1. The van der Waals surface area contributed by atoms with Crippen LogP contribution >= 0.6 is 46.8 Å². The molecule has 104 valence electrons. The van der Waals surface area contributed by atoms with E-state index in [9.17, 15) is 0 Å². The number of nitrogens with one attached hydrogen (secondary N) is 1. The third-order valence-electron chi connectivity index (χ3n) is 2.98. The topological polar surface area (TPSA) is 15.3 Å². The predicted molar refractivity (Wildman–Crippen MR) is 87.8 cm³/mol. The molecule has 0 atom stereocenters. The van der Waals surface area contributed by atoms with E-state index in [1.807, 2.05) is 30.3 Å². The fraction of sp³-hybridized carbons (Fsp3) is 0.143. The molecule has 0 saturated heterocycles. The number of nitrogens with zero attached hydrogens (tertiary/aromatic N) is 1. The van der Waals surface area contributed by atoms with Gasteiger partial charge in [0.25, 0.3) is 0 Å². The maximum atomic E-state index is 6.25. The Balaban J connectivity index is 1.81. The summed E-state index contributed by atoms with van der Waals surface area (Å²) >= 11 is 20.1. The molecule has 2 nitrogen and oxygen atoms in total. The average Bonchev–Trinajstić information content (AvgIpc) is 2.42. The summed E-state index contributed by atoms with van der Waals surface area (Å²) in [6, 6.07) is 11.5. The van der Waals surface area contributed by atoms with Crippen molar-refractivity contribution in [1.29, 1.82) is 0 Å². The number of halogens is 3. The summed E-state index contributed by atoms with van der Waals surface area (Å²) in [4.78, 5) is 0.995. The van der Waals surface area contributed by atoms with Crippen molar-refractivity contribution in [1.82, 2.24) is 4.31 Å². The molecule has 1 heterocycles. The molecular formula is C14H11Cl3N2S. The number of hydrogen-bond acceptors (Lipinski definition) is 3. The lowest BCUT2D eigenvalue weighted by atomic mass is 10.2. The van der Waals surface area contributed by atoms with E-state index in [1.165, 1.54) is 0 Å². The van der Waals surface area contributed by atoms with E-state index in [0.29, 0.717) is 16.7 Å². The standard InChI is InChI=1S/C14H11Cl3N2S/c15-10-5-12(17)14-13(6-10)18-8-19(20-14)7-9-3-1-2-4-11(9)16/h1-6,18H,7-8H2. The molecular weight excluding hydrogens is 335 g/mol. The maximum absolute atomic E-state index is 6.25. The van der Waals surface area contributed by atoms with Crippen LogP contribution in [0.25, 0.3) is 0 Å². The Labute approximate surface area is 137 Å². The Hall–Kier alpha value is -0.580. The lowest BCUT2D eigenvalue weighted by Gasteiger charge is -2.29. The van der Waals surface area contributed by atoms with Crippen LogP contribution in [0.5, 0.6) is 0 Å². The fourth-order valence-electron chi connectivity index (χ4n) is 2.02. The van der Waals surface area contributed by atoms with E-state index in [-0.39, 0.29) is 0 Å². The number of benzene rings is 2. The number of fused-ring (bicyclic) bond motifs is 1. The Morgan fingerprint density at radius 3 is 2.70 bits per heavy atom. The molecule has 1 aliphatic heterocycles. The van der Waals surface area contributed by atoms with E-state index in [4.69, 9.17) is 34.8 Å². The van der Waals surface area contributed by atoms with Gasteiger partial charge in [-0.15, -0.1) is 0 Å². The second kappa shape index (κ2) is 6.04. The molecule has 3 rings (SSSR count). The normalized spacial score (nSPS) is 14.8. The van der Waals surface area contributed by atoms with Crippen molar-refractivity contribution in [3.05, 3.63) is 57.0 Å². The van der Waals surface area contributed by atoms with Crippen LogP contribution in [0.3, 0.4) is 0 Å². The Morgan fingerprint density at radius 1 is 1.10 bits per heavy atom. The van der Waals surface area contributed by atoms with Gasteiger partial charge in [0.15, 0.2) is 0 Å². The molecule has 6 heteroatoms. The highest BCUT2D eigenvalue weighted by atomic mass is 35.5. The molecule has 20 heavy (non-hydrogen) atoms. The molecule has 0 radical (unpaired) electrons. The van der Waals surface area contributed by atoms with Crippen LogP contribution in [0, 0.1) is 0 Å². The molecule has 0 saturated carbocycles. The third kappa shape index (κ3) is 3.02. The van der Waals surface area contributed by atoms with E-state index >= 15 is 0 Å². The molecule has 0 spiro atoms. The van der Waals surface area contributed by atoms with Gasteiger partial charge in [-0.2, -0.15) is 0 Å². The molecule has 1 N–H and O–H groups in total. The molecule has 0 amide bonds. The number of hydrogen-bond donors (Lipinski definition) is 1. The van der Waals surface area contributed by atoms with Crippen LogP contribution in [0.2, 0.25) is 15.1 Å². The molecule has 1 aliphatic rings. The lowest BCUT2D eigenvalue weighted by molar-refractivity contribution is 0.493. The predicted octanol–water partition coefficient (Wildman–Crippen LogP) is 5.54. The van der Waals surface area contributed by atoms with Gasteiger partial charge in [0, 0.05) is 16.6 Å². The van der Waals surface area contributed by atoms with Gasteiger partial charge in [-0.05, 0) is 35.7 Å². The van der Waals surface area contributed by atoms with Crippen LogP contribution in [0.15, 0.2) is 41.3 Å². The molecule has 0 aromatic heterocycles. The highest BCUT2D eigenvalue weighted by Gasteiger charge is 2.20. The molecule has 2 aromatic carbocycles. The van der Waals surface area contributed by atoms with Gasteiger partial charge in [0.2, 0.25) is 0 Å². The van der Waals surface area contributed by atoms with Gasteiger partial charge in [-0.25, -0.2) is 4.31 Å². The first-order valence-corrected chi connectivity index (χ1v) is 7.93. The van der Waals surface area contributed by atoms with Crippen molar-refractivity contribution in [2.45, 2.75) is 11.4 Å². The van der Waals surface area contributed by atoms with Crippen molar-refractivity contribution in [3.63, 3.8) is 0 Å². The van der Waals surface area contributed by atoms with Crippen LogP contribution in [0.1, 0.15) is 5.56 Å². The van der Waals surface area contributed by atoms with Gasteiger partial charge in [0.1, 0.15) is 0 Å².